The Morgan fingerprint density at radius 2 is 2.20 bits per heavy atom. The van der Waals surface area contributed by atoms with Crippen LogP contribution in [0.15, 0.2) is 12.4 Å². The minimum atomic E-state index is -0.176. The number of amides is 1. The molecule has 108 valence electrons. The van der Waals surface area contributed by atoms with Crippen molar-refractivity contribution in [2.45, 2.75) is 27.2 Å². The molecule has 0 unspecified atom stereocenters. The van der Waals surface area contributed by atoms with Crippen LogP contribution in [-0.2, 0) is 0 Å². The van der Waals surface area contributed by atoms with Gasteiger partial charge < -0.3 is 10.2 Å². The Morgan fingerprint density at radius 1 is 1.45 bits per heavy atom. The predicted molar refractivity (Wildman–Crippen MR) is 77.2 cm³/mol. The van der Waals surface area contributed by atoms with Gasteiger partial charge in [-0.1, -0.05) is 13.8 Å². The highest BCUT2D eigenvalue weighted by Crippen LogP contribution is 2.07. The molecule has 0 bridgehead atoms. The normalized spacial score (nSPS) is 10.2. The molecule has 1 rings (SSSR count). The van der Waals surface area contributed by atoms with E-state index in [2.05, 4.69) is 21.4 Å². The summed E-state index contributed by atoms with van der Waals surface area (Å²) in [5.74, 6) is 0.813. The summed E-state index contributed by atoms with van der Waals surface area (Å²) >= 11 is 0. The lowest BCUT2D eigenvalue weighted by Gasteiger charge is -2.23. The zero-order valence-electron chi connectivity index (χ0n) is 12.3. The van der Waals surface area contributed by atoms with Crippen LogP contribution in [-0.4, -0.2) is 40.4 Å². The maximum atomic E-state index is 12.3. The molecular weight excluding hydrogens is 254 g/mol. The minimum absolute atomic E-state index is 0.176. The number of nitrogens with zero attached hydrogens (tertiary/aromatic N) is 4. The van der Waals surface area contributed by atoms with Crippen molar-refractivity contribution in [3.8, 4) is 6.07 Å². The third-order valence-electron chi connectivity index (χ3n) is 2.60. The van der Waals surface area contributed by atoms with Crippen molar-refractivity contribution in [2.24, 2.45) is 5.92 Å². The third-order valence-corrected chi connectivity index (χ3v) is 2.60. The Kier molecular flexibility index (Phi) is 6.44. The quantitative estimate of drug-likeness (QED) is 0.822. The van der Waals surface area contributed by atoms with E-state index in [1.165, 1.54) is 6.20 Å². The van der Waals surface area contributed by atoms with Crippen molar-refractivity contribution in [1.29, 1.82) is 5.26 Å². The first kappa shape index (κ1) is 15.9. The number of nitriles is 1. The molecule has 0 atom stereocenters. The van der Waals surface area contributed by atoms with Gasteiger partial charge in [0.05, 0.1) is 24.9 Å². The van der Waals surface area contributed by atoms with Crippen LogP contribution in [0.25, 0.3) is 0 Å². The SMILES string of the molecule is CCNc1cnc(C(=O)N(CCC#N)CC(C)C)cn1. The zero-order chi connectivity index (χ0) is 15.0. The van der Waals surface area contributed by atoms with E-state index < -0.39 is 0 Å². The fourth-order valence-corrected chi connectivity index (χ4v) is 1.77. The van der Waals surface area contributed by atoms with Gasteiger partial charge in [-0.2, -0.15) is 5.26 Å². The Labute approximate surface area is 119 Å². The molecule has 0 aliphatic heterocycles. The van der Waals surface area contributed by atoms with Crippen LogP contribution >= 0.6 is 0 Å². The first-order valence-corrected chi connectivity index (χ1v) is 6.80. The van der Waals surface area contributed by atoms with E-state index in [4.69, 9.17) is 5.26 Å². The minimum Gasteiger partial charge on any atom is -0.369 e. The second-order valence-corrected chi connectivity index (χ2v) is 4.87. The van der Waals surface area contributed by atoms with E-state index in [1.54, 1.807) is 11.1 Å². The van der Waals surface area contributed by atoms with Gasteiger partial charge in [0.25, 0.3) is 5.91 Å². The second kappa shape index (κ2) is 8.10. The van der Waals surface area contributed by atoms with Crippen LogP contribution in [0.1, 0.15) is 37.7 Å². The average Bonchev–Trinajstić information content (AvgIpc) is 2.43. The van der Waals surface area contributed by atoms with Gasteiger partial charge in [-0.3, -0.25) is 4.79 Å². The van der Waals surface area contributed by atoms with Gasteiger partial charge in [-0.15, -0.1) is 0 Å². The van der Waals surface area contributed by atoms with Gasteiger partial charge in [0.2, 0.25) is 0 Å². The van der Waals surface area contributed by atoms with Gasteiger partial charge in [0.15, 0.2) is 0 Å². The molecule has 6 heteroatoms. The van der Waals surface area contributed by atoms with Crippen LogP contribution in [0.2, 0.25) is 0 Å². The van der Waals surface area contributed by atoms with Gasteiger partial charge in [0.1, 0.15) is 11.5 Å². The molecule has 1 aromatic rings. The lowest BCUT2D eigenvalue weighted by Crippen LogP contribution is -2.35. The summed E-state index contributed by atoms with van der Waals surface area (Å²) in [6.45, 7) is 7.82. The molecule has 1 N–H and O–H groups in total. The predicted octanol–water partition coefficient (Wildman–Crippen LogP) is 1.92. The van der Waals surface area contributed by atoms with E-state index >= 15 is 0 Å². The molecule has 0 saturated carbocycles. The van der Waals surface area contributed by atoms with E-state index in [0.717, 1.165) is 6.54 Å². The molecule has 20 heavy (non-hydrogen) atoms. The maximum Gasteiger partial charge on any atom is 0.274 e. The first-order valence-electron chi connectivity index (χ1n) is 6.80. The van der Waals surface area contributed by atoms with Gasteiger partial charge in [0, 0.05) is 19.6 Å². The van der Waals surface area contributed by atoms with Crippen LogP contribution in [0, 0.1) is 17.2 Å². The molecule has 0 aliphatic rings. The van der Waals surface area contributed by atoms with Gasteiger partial charge >= 0.3 is 0 Å². The molecule has 0 aliphatic carbocycles. The molecule has 0 spiro atoms. The van der Waals surface area contributed by atoms with Crippen molar-refractivity contribution in [3.63, 3.8) is 0 Å². The molecule has 6 nitrogen and oxygen atoms in total. The Morgan fingerprint density at radius 3 is 2.70 bits per heavy atom. The molecule has 1 amide bonds. The van der Waals surface area contributed by atoms with Crippen molar-refractivity contribution < 1.29 is 4.79 Å². The number of carbonyl (C=O) groups is 1. The summed E-state index contributed by atoms with van der Waals surface area (Å²) in [6.07, 6.45) is 3.34. The highest BCUT2D eigenvalue weighted by molar-refractivity contribution is 5.92. The summed E-state index contributed by atoms with van der Waals surface area (Å²) in [4.78, 5) is 22.3. The van der Waals surface area contributed by atoms with E-state index in [9.17, 15) is 4.79 Å². The van der Waals surface area contributed by atoms with E-state index in [1.807, 2.05) is 20.8 Å². The van der Waals surface area contributed by atoms with Crippen molar-refractivity contribution in [3.05, 3.63) is 18.1 Å². The highest BCUT2D eigenvalue weighted by atomic mass is 16.2. The number of hydrogen-bond donors (Lipinski definition) is 1. The van der Waals surface area contributed by atoms with E-state index in [-0.39, 0.29) is 5.91 Å². The Hall–Kier alpha value is -2.16. The lowest BCUT2D eigenvalue weighted by atomic mass is 10.2. The van der Waals surface area contributed by atoms with Crippen LogP contribution in [0.5, 0.6) is 0 Å². The Bertz CT molecular complexity index is 463. The molecular formula is C14H21N5O. The third kappa shape index (κ3) is 4.84. The fourth-order valence-electron chi connectivity index (χ4n) is 1.77. The number of rotatable bonds is 7. The van der Waals surface area contributed by atoms with Crippen LogP contribution < -0.4 is 5.32 Å². The molecule has 0 saturated heterocycles. The molecule has 0 fully saturated rings. The topological polar surface area (TPSA) is 81.9 Å². The summed E-state index contributed by atoms with van der Waals surface area (Å²) in [5.41, 5.74) is 0.310. The molecule has 1 heterocycles. The van der Waals surface area contributed by atoms with Crippen molar-refractivity contribution in [1.82, 2.24) is 14.9 Å². The molecule has 0 aromatic carbocycles. The lowest BCUT2D eigenvalue weighted by molar-refractivity contribution is 0.0733. The van der Waals surface area contributed by atoms with Crippen LogP contribution in [0.4, 0.5) is 5.82 Å². The second-order valence-electron chi connectivity index (χ2n) is 4.87. The summed E-state index contributed by atoms with van der Waals surface area (Å²) in [5, 5.41) is 11.7. The number of nitrogens with one attached hydrogen (secondary N) is 1. The highest BCUT2D eigenvalue weighted by Gasteiger charge is 2.18. The number of hydrogen-bond acceptors (Lipinski definition) is 5. The molecule has 1 aromatic heterocycles. The van der Waals surface area contributed by atoms with Gasteiger partial charge in [-0.05, 0) is 12.8 Å². The summed E-state index contributed by atoms with van der Waals surface area (Å²) in [7, 11) is 0. The van der Waals surface area contributed by atoms with Crippen molar-refractivity contribution >= 4 is 11.7 Å². The largest absolute Gasteiger partial charge is 0.369 e. The monoisotopic (exact) mass is 275 g/mol. The molecule has 0 radical (unpaired) electrons. The summed E-state index contributed by atoms with van der Waals surface area (Å²) < 4.78 is 0. The van der Waals surface area contributed by atoms with E-state index in [0.29, 0.717) is 36.9 Å². The zero-order valence-corrected chi connectivity index (χ0v) is 12.3. The Balaban J connectivity index is 2.79. The standard InChI is InChI=1S/C14H21N5O/c1-4-16-13-9-17-12(8-18-13)14(20)19(7-5-6-15)10-11(2)3/h8-9,11H,4-5,7,10H2,1-3H3,(H,16,18). The smallest absolute Gasteiger partial charge is 0.274 e. The number of anilines is 1. The number of aromatic nitrogens is 2. The summed E-state index contributed by atoms with van der Waals surface area (Å²) in [6, 6.07) is 2.06. The fraction of sp³-hybridized carbons (Fsp3) is 0.571. The van der Waals surface area contributed by atoms with Gasteiger partial charge in [-0.25, -0.2) is 9.97 Å². The van der Waals surface area contributed by atoms with Crippen molar-refractivity contribution in [2.75, 3.05) is 25.0 Å². The number of carbonyl (C=O) groups excluding carboxylic acids is 1. The first-order chi connectivity index (χ1) is 9.58. The maximum absolute atomic E-state index is 12.3. The average molecular weight is 275 g/mol. The van der Waals surface area contributed by atoms with Crippen LogP contribution in [0.3, 0.4) is 0 Å².